The second kappa shape index (κ2) is 11.4. The zero-order valence-corrected chi connectivity index (χ0v) is 21.0. The highest BCUT2D eigenvalue weighted by Gasteiger charge is 2.26. The highest BCUT2D eigenvalue weighted by molar-refractivity contribution is 14.0. The van der Waals surface area contributed by atoms with Crippen LogP contribution < -0.4 is 5.32 Å². The number of piperidine rings is 1. The molecule has 1 unspecified atom stereocenters. The van der Waals surface area contributed by atoms with E-state index in [2.05, 4.69) is 56.4 Å². The third-order valence-electron chi connectivity index (χ3n) is 6.71. The van der Waals surface area contributed by atoms with Crippen molar-refractivity contribution in [1.29, 1.82) is 0 Å². The summed E-state index contributed by atoms with van der Waals surface area (Å²) in [6.07, 6.45) is 9.73. The number of aryl methyl sites for hydroxylation is 1. The summed E-state index contributed by atoms with van der Waals surface area (Å²) < 4.78 is 0. The maximum atomic E-state index is 4.57. The SMILES string of the molecule is CCc1cccc2c(CCNC(=NC)N3CCC(CN4CCCCC4)C3)c[nH]c12.I. The van der Waals surface area contributed by atoms with Gasteiger partial charge in [-0.25, -0.2) is 0 Å². The number of aromatic amines is 1. The minimum atomic E-state index is 0. The van der Waals surface area contributed by atoms with Crippen LogP contribution in [0.5, 0.6) is 0 Å². The number of rotatable bonds is 6. The fourth-order valence-electron chi connectivity index (χ4n) is 5.10. The maximum absolute atomic E-state index is 4.57. The molecule has 1 atom stereocenters. The molecule has 5 nitrogen and oxygen atoms in total. The largest absolute Gasteiger partial charge is 0.361 e. The molecule has 2 saturated heterocycles. The third kappa shape index (κ3) is 5.49. The predicted octanol–water partition coefficient (Wildman–Crippen LogP) is 4.27. The molecule has 1 aromatic carbocycles. The lowest BCUT2D eigenvalue weighted by Crippen LogP contribution is -2.41. The number of hydrogen-bond acceptors (Lipinski definition) is 2. The van der Waals surface area contributed by atoms with Crippen molar-refractivity contribution in [3.63, 3.8) is 0 Å². The third-order valence-corrected chi connectivity index (χ3v) is 6.71. The van der Waals surface area contributed by atoms with Crippen molar-refractivity contribution in [2.75, 3.05) is 46.3 Å². The molecular weight excluding hydrogens is 485 g/mol. The number of H-pyrrole nitrogens is 1. The van der Waals surface area contributed by atoms with Gasteiger partial charge < -0.3 is 20.1 Å². The van der Waals surface area contributed by atoms with E-state index >= 15 is 0 Å². The highest BCUT2D eigenvalue weighted by Crippen LogP contribution is 2.23. The average Bonchev–Trinajstić information content (AvgIpc) is 3.39. The second-order valence-electron chi connectivity index (χ2n) is 8.69. The number of benzene rings is 1. The first-order valence-corrected chi connectivity index (χ1v) is 11.5. The van der Waals surface area contributed by atoms with Crippen molar-refractivity contribution in [1.82, 2.24) is 20.1 Å². The van der Waals surface area contributed by atoms with Crippen molar-refractivity contribution in [3.8, 4) is 0 Å². The first-order chi connectivity index (χ1) is 14.3. The van der Waals surface area contributed by atoms with Crippen LogP contribution in [-0.2, 0) is 12.8 Å². The summed E-state index contributed by atoms with van der Waals surface area (Å²) in [5.74, 6) is 1.85. The van der Waals surface area contributed by atoms with Crippen LogP contribution in [0.2, 0.25) is 0 Å². The first-order valence-electron chi connectivity index (χ1n) is 11.5. The summed E-state index contributed by atoms with van der Waals surface area (Å²) in [7, 11) is 1.92. The number of likely N-dealkylation sites (tertiary alicyclic amines) is 2. The number of fused-ring (bicyclic) bond motifs is 1. The standard InChI is InChI=1S/C24H37N5.HI/c1-3-20-8-7-9-22-21(16-27-23(20)22)10-12-26-24(25-2)29-15-11-19(18-29)17-28-13-5-4-6-14-28;/h7-9,16,19,27H,3-6,10-15,17-18H2,1-2H3,(H,25,26);1H. The molecule has 1 aromatic heterocycles. The minimum absolute atomic E-state index is 0. The van der Waals surface area contributed by atoms with E-state index in [-0.39, 0.29) is 24.0 Å². The van der Waals surface area contributed by atoms with Gasteiger partial charge in [-0.05, 0) is 62.2 Å². The van der Waals surface area contributed by atoms with Crippen molar-refractivity contribution < 1.29 is 0 Å². The van der Waals surface area contributed by atoms with E-state index in [0.717, 1.165) is 44.4 Å². The van der Waals surface area contributed by atoms with E-state index < -0.39 is 0 Å². The first kappa shape index (κ1) is 23.4. The Hall–Kier alpha value is -1.28. The number of para-hydroxylation sites is 1. The van der Waals surface area contributed by atoms with Gasteiger partial charge in [0.15, 0.2) is 5.96 Å². The summed E-state index contributed by atoms with van der Waals surface area (Å²) in [5, 5.41) is 4.98. The van der Waals surface area contributed by atoms with E-state index in [1.165, 1.54) is 67.3 Å². The lowest BCUT2D eigenvalue weighted by molar-refractivity contribution is 0.198. The van der Waals surface area contributed by atoms with Crippen LogP contribution >= 0.6 is 24.0 Å². The van der Waals surface area contributed by atoms with Gasteiger partial charge in [0, 0.05) is 50.3 Å². The molecule has 2 N–H and O–H groups in total. The highest BCUT2D eigenvalue weighted by atomic mass is 127. The van der Waals surface area contributed by atoms with E-state index in [0.29, 0.717) is 0 Å². The van der Waals surface area contributed by atoms with Crippen LogP contribution in [0.3, 0.4) is 0 Å². The fraction of sp³-hybridized carbons (Fsp3) is 0.625. The molecule has 2 aliphatic heterocycles. The monoisotopic (exact) mass is 523 g/mol. The molecule has 166 valence electrons. The lowest BCUT2D eigenvalue weighted by atomic mass is 10.1. The number of nitrogens with one attached hydrogen (secondary N) is 2. The van der Waals surface area contributed by atoms with Gasteiger partial charge in [-0.1, -0.05) is 31.5 Å². The van der Waals surface area contributed by atoms with Gasteiger partial charge in [-0.15, -0.1) is 24.0 Å². The van der Waals surface area contributed by atoms with Crippen LogP contribution in [-0.4, -0.2) is 67.1 Å². The van der Waals surface area contributed by atoms with Crippen molar-refractivity contribution in [2.45, 2.75) is 45.4 Å². The number of aromatic nitrogens is 1. The topological polar surface area (TPSA) is 46.7 Å². The fourth-order valence-corrected chi connectivity index (χ4v) is 5.10. The van der Waals surface area contributed by atoms with Gasteiger partial charge in [0.1, 0.15) is 0 Å². The van der Waals surface area contributed by atoms with Crippen LogP contribution in [0.15, 0.2) is 29.4 Å². The van der Waals surface area contributed by atoms with Crippen molar-refractivity contribution in [2.24, 2.45) is 10.9 Å². The Kier molecular flexibility index (Phi) is 8.86. The summed E-state index contributed by atoms with van der Waals surface area (Å²) >= 11 is 0. The molecule has 0 saturated carbocycles. The summed E-state index contributed by atoms with van der Waals surface area (Å²) in [4.78, 5) is 13.2. The minimum Gasteiger partial charge on any atom is -0.361 e. The quantitative estimate of drug-likeness (QED) is 0.338. The molecule has 2 fully saturated rings. The predicted molar refractivity (Wildman–Crippen MR) is 138 cm³/mol. The van der Waals surface area contributed by atoms with Crippen LogP contribution in [0.1, 0.15) is 43.7 Å². The molecule has 2 aromatic rings. The zero-order valence-electron chi connectivity index (χ0n) is 18.6. The molecule has 0 amide bonds. The summed E-state index contributed by atoms with van der Waals surface area (Å²) in [6, 6.07) is 6.63. The number of hydrogen-bond donors (Lipinski definition) is 2. The summed E-state index contributed by atoms with van der Waals surface area (Å²) in [6.45, 7) is 9.28. The lowest BCUT2D eigenvalue weighted by Gasteiger charge is -2.29. The Morgan fingerprint density at radius 1 is 1.17 bits per heavy atom. The molecule has 0 aliphatic carbocycles. The van der Waals surface area contributed by atoms with Crippen LogP contribution in [0.4, 0.5) is 0 Å². The Morgan fingerprint density at radius 2 is 2.00 bits per heavy atom. The smallest absolute Gasteiger partial charge is 0.193 e. The molecule has 30 heavy (non-hydrogen) atoms. The average molecular weight is 524 g/mol. The van der Waals surface area contributed by atoms with Gasteiger partial charge in [0.05, 0.1) is 0 Å². The number of guanidine groups is 1. The van der Waals surface area contributed by atoms with Gasteiger partial charge in [-0.3, -0.25) is 4.99 Å². The van der Waals surface area contributed by atoms with Gasteiger partial charge in [0.25, 0.3) is 0 Å². The van der Waals surface area contributed by atoms with Gasteiger partial charge >= 0.3 is 0 Å². The van der Waals surface area contributed by atoms with E-state index in [1.54, 1.807) is 0 Å². The Morgan fingerprint density at radius 3 is 2.77 bits per heavy atom. The van der Waals surface area contributed by atoms with E-state index in [9.17, 15) is 0 Å². The maximum Gasteiger partial charge on any atom is 0.193 e. The van der Waals surface area contributed by atoms with Crippen LogP contribution in [0.25, 0.3) is 10.9 Å². The molecule has 6 heteroatoms. The molecule has 2 aliphatic rings. The number of aliphatic imine (C=N–C) groups is 1. The van der Waals surface area contributed by atoms with Crippen molar-refractivity contribution >= 4 is 40.8 Å². The molecule has 0 radical (unpaired) electrons. The second-order valence-corrected chi connectivity index (χ2v) is 8.69. The summed E-state index contributed by atoms with van der Waals surface area (Å²) in [5.41, 5.74) is 4.09. The van der Waals surface area contributed by atoms with Crippen LogP contribution in [0, 0.1) is 5.92 Å². The molecule has 0 spiro atoms. The molecule has 3 heterocycles. The Bertz CT molecular complexity index is 824. The Labute approximate surface area is 198 Å². The van der Waals surface area contributed by atoms with E-state index in [1.807, 2.05) is 7.05 Å². The zero-order chi connectivity index (χ0) is 20.1. The normalized spacial score (nSPS) is 20.5. The van der Waals surface area contributed by atoms with E-state index in [4.69, 9.17) is 0 Å². The molecule has 4 rings (SSSR count). The molecular formula is C24H38IN5. The number of nitrogens with zero attached hydrogens (tertiary/aromatic N) is 3. The number of halogens is 1. The molecule has 0 bridgehead atoms. The Balaban J connectivity index is 0.00000256. The van der Waals surface area contributed by atoms with Crippen molar-refractivity contribution in [3.05, 3.63) is 35.5 Å². The van der Waals surface area contributed by atoms with Gasteiger partial charge in [-0.2, -0.15) is 0 Å². The van der Waals surface area contributed by atoms with Gasteiger partial charge in [0.2, 0.25) is 0 Å².